The summed E-state index contributed by atoms with van der Waals surface area (Å²) in [6.45, 7) is 7.14. The Labute approximate surface area is 145 Å². The molecule has 24 heavy (non-hydrogen) atoms. The average molecular weight is 349 g/mol. The van der Waals surface area contributed by atoms with Crippen molar-refractivity contribution in [2.75, 3.05) is 19.6 Å². The Bertz CT molecular complexity index is 657. The van der Waals surface area contributed by atoms with Gasteiger partial charge in [-0.15, -0.1) is 11.3 Å². The highest BCUT2D eigenvalue weighted by Crippen LogP contribution is 2.20. The molecule has 0 bridgehead atoms. The lowest BCUT2D eigenvalue weighted by Gasteiger charge is -2.28. The van der Waals surface area contributed by atoms with Crippen LogP contribution in [0.1, 0.15) is 48.4 Å². The SMILES string of the molecule is CCN(Cc1noc(C)n1)[C@H]1CCCN(C(=O)c2cscn2)CC1. The van der Waals surface area contributed by atoms with Gasteiger partial charge in [-0.3, -0.25) is 9.69 Å². The molecule has 1 atom stereocenters. The molecule has 0 spiro atoms. The minimum atomic E-state index is 0.0498. The molecule has 7 nitrogen and oxygen atoms in total. The van der Waals surface area contributed by atoms with Crippen LogP contribution in [0.5, 0.6) is 0 Å². The molecule has 2 aromatic heterocycles. The largest absolute Gasteiger partial charge is 0.340 e. The molecular formula is C16H23N5O2S. The molecular weight excluding hydrogens is 326 g/mol. The Morgan fingerprint density at radius 2 is 2.33 bits per heavy atom. The standard InChI is InChI=1S/C16H23N5O2S/c1-3-20(9-15-18-12(2)23-19-15)13-5-4-7-21(8-6-13)16(22)14-10-24-11-17-14/h10-11,13H,3-9H2,1-2H3/t13-/m0/s1. The maximum absolute atomic E-state index is 12.5. The molecule has 2 aromatic rings. The topological polar surface area (TPSA) is 75.4 Å². The van der Waals surface area contributed by atoms with Crippen molar-refractivity contribution < 1.29 is 9.32 Å². The summed E-state index contributed by atoms with van der Waals surface area (Å²) in [5, 5.41) is 5.82. The van der Waals surface area contributed by atoms with E-state index in [-0.39, 0.29) is 5.91 Å². The second-order valence-electron chi connectivity index (χ2n) is 6.04. The number of carbonyl (C=O) groups excluding carboxylic acids is 1. The number of nitrogens with zero attached hydrogens (tertiary/aromatic N) is 5. The van der Waals surface area contributed by atoms with Gasteiger partial charge in [-0.25, -0.2) is 4.98 Å². The number of hydrogen-bond donors (Lipinski definition) is 0. The molecule has 3 rings (SSSR count). The van der Waals surface area contributed by atoms with Crippen molar-refractivity contribution >= 4 is 17.2 Å². The van der Waals surface area contributed by atoms with E-state index < -0.39 is 0 Å². The van der Waals surface area contributed by atoms with Crippen LogP contribution in [0.4, 0.5) is 0 Å². The third kappa shape index (κ3) is 3.99. The molecule has 0 radical (unpaired) electrons. The first-order valence-corrected chi connectivity index (χ1v) is 9.32. The zero-order valence-electron chi connectivity index (χ0n) is 14.1. The minimum Gasteiger partial charge on any atom is -0.340 e. The second kappa shape index (κ2) is 7.85. The van der Waals surface area contributed by atoms with E-state index in [1.165, 1.54) is 11.3 Å². The van der Waals surface area contributed by atoms with Crippen molar-refractivity contribution in [3.63, 3.8) is 0 Å². The van der Waals surface area contributed by atoms with Crippen molar-refractivity contribution in [1.29, 1.82) is 0 Å². The zero-order valence-corrected chi connectivity index (χ0v) is 15.0. The third-order valence-electron chi connectivity index (χ3n) is 4.47. The minimum absolute atomic E-state index is 0.0498. The first-order valence-electron chi connectivity index (χ1n) is 8.38. The normalized spacial score (nSPS) is 18.8. The predicted octanol–water partition coefficient (Wildman–Crippen LogP) is 2.35. The van der Waals surface area contributed by atoms with Gasteiger partial charge in [0.2, 0.25) is 5.89 Å². The van der Waals surface area contributed by atoms with Gasteiger partial charge in [0.15, 0.2) is 5.82 Å². The summed E-state index contributed by atoms with van der Waals surface area (Å²) in [5.74, 6) is 1.38. The molecule has 0 N–H and O–H groups in total. The van der Waals surface area contributed by atoms with Gasteiger partial charge >= 0.3 is 0 Å². The number of aryl methyl sites for hydroxylation is 1. The fourth-order valence-electron chi connectivity index (χ4n) is 3.21. The number of hydrogen-bond acceptors (Lipinski definition) is 7. The van der Waals surface area contributed by atoms with Crippen LogP contribution in [0.3, 0.4) is 0 Å². The van der Waals surface area contributed by atoms with Crippen LogP contribution in [-0.4, -0.2) is 56.5 Å². The molecule has 0 saturated carbocycles. The lowest BCUT2D eigenvalue weighted by molar-refractivity contribution is 0.0751. The van der Waals surface area contributed by atoms with Gasteiger partial charge in [-0.1, -0.05) is 12.1 Å². The van der Waals surface area contributed by atoms with E-state index in [1.54, 1.807) is 12.4 Å². The van der Waals surface area contributed by atoms with E-state index >= 15 is 0 Å². The van der Waals surface area contributed by atoms with Crippen molar-refractivity contribution in [3.05, 3.63) is 28.3 Å². The third-order valence-corrected chi connectivity index (χ3v) is 5.06. The Morgan fingerprint density at radius 1 is 1.46 bits per heavy atom. The summed E-state index contributed by atoms with van der Waals surface area (Å²) < 4.78 is 5.07. The smallest absolute Gasteiger partial charge is 0.273 e. The highest BCUT2D eigenvalue weighted by atomic mass is 32.1. The molecule has 8 heteroatoms. The Kier molecular flexibility index (Phi) is 5.57. The summed E-state index contributed by atoms with van der Waals surface area (Å²) >= 11 is 1.46. The van der Waals surface area contributed by atoms with Crippen molar-refractivity contribution in [2.45, 2.75) is 45.7 Å². The number of likely N-dealkylation sites (tertiary alicyclic amines) is 1. The molecule has 1 amide bonds. The van der Waals surface area contributed by atoms with Crippen LogP contribution >= 0.6 is 11.3 Å². The maximum atomic E-state index is 12.5. The van der Waals surface area contributed by atoms with E-state index in [4.69, 9.17) is 4.52 Å². The molecule has 1 saturated heterocycles. The Balaban J connectivity index is 1.60. The lowest BCUT2D eigenvalue weighted by Crippen LogP contribution is -2.37. The Morgan fingerprint density at radius 3 is 3.00 bits per heavy atom. The maximum Gasteiger partial charge on any atom is 0.273 e. The molecule has 3 heterocycles. The van der Waals surface area contributed by atoms with Gasteiger partial charge in [-0.2, -0.15) is 4.98 Å². The van der Waals surface area contributed by atoms with Crippen LogP contribution < -0.4 is 0 Å². The van der Waals surface area contributed by atoms with Crippen molar-refractivity contribution in [2.24, 2.45) is 0 Å². The lowest BCUT2D eigenvalue weighted by atomic mass is 10.1. The summed E-state index contributed by atoms with van der Waals surface area (Å²) in [6, 6.07) is 0.432. The molecule has 1 aliphatic rings. The van der Waals surface area contributed by atoms with Gasteiger partial charge in [0.25, 0.3) is 5.91 Å². The van der Waals surface area contributed by atoms with Crippen LogP contribution in [0.15, 0.2) is 15.4 Å². The van der Waals surface area contributed by atoms with E-state index in [0.717, 1.165) is 44.7 Å². The first-order chi connectivity index (χ1) is 11.7. The quantitative estimate of drug-likeness (QED) is 0.825. The van der Waals surface area contributed by atoms with Crippen LogP contribution in [0.25, 0.3) is 0 Å². The number of amides is 1. The molecule has 0 unspecified atom stereocenters. The predicted molar refractivity (Wildman–Crippen MR) is 90.8 cm³/mol. The summed E-state index contributed by atoms with van der Waals surface area (Å²) in [6.07, 6.45) is 3.04. The number of aromatic nitrogens is 3. The highest BCUT2D eigenvalue weighted by Gasteiger charge is 2.26. The molecule has 0 aromatic carbocycles. The van der Waals surface area contributed by atoms with Gasteiger partial charge in [0.1, 0.15) is 5.69 Å². The van der Waals surface area contributed by atoms with E-state index in [1.807, 2.05) is 10.3 Å². The Hall–Kier alpha value is -1.80. The van der Waals surface area contributed by atoms with Gasteiger partial charge in [0.05, 0.1) is 12.1 Å². The summed E-state index contributed by atoms with van der Waals surface area (Å²) in [7, 11) is 0. The van der Waals surface area contributed by atoms with Gasteiger partial charge in [-0.05, 0) is 25.8 Å². The van der Waals surface area contributed by atoms with Crippen LogP contribution in [0.2, 0.25) is 0 Å². The molecule has 1 aliphatic heterocycles. The zero-order chi connectivity index (χ0) is 16.9. The second-order valence-corrected chi connectivity index (χ2v) is 6.76. The number of thiazole rings is 1. The first kappa shape index (κ1) is 17.0. The molecule has 0 aliphatic carbocycles. The number of rotatable bonds is 5. The van der Waals surface area contributed by atoms with Crippen molar-refractivity contribution in [1.82, 2.24) is 24.9 Å². The van der Waals surface area contributed by atoms with Gasteiger partial charge in [0, 0.05) is 31.4 Å². The van der Waals surface area contributed by atoms with Gasteiger partial charge < -0.3 is 9.42 Å². The average Bonchev–Trinajstić information content (AvgIpc) is 3.19. The molecule has 1 fully saturated rings. The van der Waals surface area contributed by atoms with E-state index in [0.29, 0.717) is 24.2 Å². The van der Waals surface area contributed by atoms with E-state index in [9.17, 15) is 4.79 Å². The van der Waals surface area contributed by atoms with Crippen molar-refractivity contribution in [3.8, 4) is 0 Å². The molecule has 130 valence electrons. The van der Waals surface area contributed by atoms with E-state index in [2.05, 4.69) is 26.9 Å². The monoisotopic (exact) mass is 349 g/mol. The van der Waals surface area contributed by atoms with Crippen LogP contribution in [-0.2, 0) is 6.54 Å². The number of carbonyl (C=O) groups is 1. The van der Waals surface area contributed by atoms with Crippen LogP contribution in [0, 0.1) is 6.92 Å². The fourth-order valence-corrected chi connectivity index (χ4v) is 3.74. The highest BCUT2D eigenvalue weighted by molar-refractivity contribution is 7.07. The summed E-state index contributed by atoms with van der Waals surface area (Å²) in [5.41, 5.74) is 2.27. The fraction of sp³-hybridized carbons (Fsp3) is 0.625. The summed E-state index contributed by atoms with van der Waals surface area (Å²) in [4.78, 5) is 25.2.